The lowest BCUT2D eigenvalue weighted by atomic mass is 9.81. The van der Waals surface area contributed by atoms with E-state index in [0.717, 1.165) is 19.3 Å². The maximum atomic E-state index is 12.3. The van der Waals surface area contributed by atoms with Crippen molar-refractivity contribution in [2.45, 2.75) is 64.8 Å². The molecule has 0 bridgehead atoms. The summed E-state index contributed by atoms with van der Waals surface area (Å²) in [6.07, 6.45) is 5.91. The fourth-order valence-corrected chi connectivity index (χ4v) is 2.57. The predicted octanol–water partition coefficient (Wildman–Crippen LogP) is 2.23. The van der Waals surface area contributed by atoms with Gasteiger partial charge in [0, 0.05) is 17.6 Å². The zero-order valence-corrected chi connectivity index (χ0v) is 10.8. The van der Waals surface area contributed by atoms with Crippen LogP contribution in [0.5, 0.6) is 0 Å². The smallest absolute Gasteiger partial charge is 0.226 e. The van der Waals surface area contributed by atoms with E-state index in [9.17, 15) is 4.79 Å². The predicted molar refractivity (Wildman–Crippen MR) is 65.1 cm³/mol. The second kappa shape index (κ2) is 5.17. The number of aliphatic hydroxyl groups is 1. The molecule has 16 heavy (non-hydrogen) atoms. The highest BCUT2D eigenvalue weighted by atomic mass is 16.3. The molecule has 1 rings (SSSR count). The van der Waals surface area contributed by atoms with Crippen molar-refractivity contribution in [3.8, 4) is 0 Å². The van der Waals surface area contributed by atoms with Crippen molar-refractivity contribution in [2.24, 2.45) is 5.41 Å². The maximum absolute atomic E-state index is 12.3. The first-order valence-corrected chi connectivity index (χ1v) is 6.39. The Morgan fingerprint density at radius 3 is 2.38 bits per heavy atom. The normalized spacial score (nSPS) is 19.8. The van der Waals surface area contributed by atoms with Gasteiger partial charge in [0.2, 0.25) is 5.91 Å². The third-order valence-electron chi connectivity index (χ3n) is 3.91. The second-order valence-corrected chi connectivity index (χ2v) is 5.65. The van der Waals surface area contributed by atoms with Crippen molar-refractivity contribution >= 4 is 5.91 Å². The summed E-state index contributed by atoms with van der Waals surface area (Å²) in [6, 6.07) is 0. The molecular weight excluding hydrogens is 202 g/mol. The Hall–Kier alpha value is -0.570. The van der Waals surface area contributed by atoms with E-state index in [0.29, 0.717) is 6.42 Å². The van der Waals surface area contributed by atoms with Gasteiger partial charge in [0.05, 0.1) is 0 Å². The van der Waals surface area contributed by atoms with Gasteiger partial charge in [0.25, 0.3) is 0 Å². The van der Waals surface area contributed by atoms with Crippen molar-refractivity contribution in [3.63, 3.8) is 0 Å². The molecule has 1 aliphatic carbocycles. The standard InChI is InChI=1S/C13H25NO2/c1-4-13(7-5-6-8-13)11(16)14-12(2,3)9-10-15/h15H,4-10H2,1-3H3,(H,14,16). The molecule has 1 fully saturated rings. The van der Waals surface area contributed by atoms with Crippen LogP contribution in [-0.2, 0) is 4.79 Å². The Kier molecular flexibility index (Phi) is 4.36. The van der Waals surface area contributed by atoms with Gasteiger partial charge in [-0.2, -0.15) is 0 Å². The summed E-state index contributed by atoms with van der Waals surface area (Å²) in [7, 11) is 0. The molecule has 1 aliphatic rings. The highest BCUT2D eigenvalue weighted by Crippen LogP contribution is 2.41. The lowest BCUT2D eigenvalue weighted by Crippen LogP contribution is -2.50. The van der Waals surface area contributed by atoms with Gasteiger partial charge in [0.1, 0.15) is 0 Å². The first-order valence-electron chi connectivity index (χ1n) is 6.39. The number of carbonyl (C=O) groups is 1. The molecule has 3 heteroatoms. The van der Waals surface area contributed by atoms with Crippen LogP contribution in [0.1, 0.15) is 59.3 Å². The highest BCUT2D eigenvalue weighted by molar-refractivity contribution is 5.83. The molecule has 3 nitrogen and oxygen atoms in total. The van der Waals surface area contributed by atoms with E-state index in [1.165, 1.54) is 12.8 Å². The number of carbonyl (C=O) groups excluding carboxylic acids is 1. The Morgan fingerprint density at radius 1 is 1.38 bits per heavy atom. The zero-order chi connectivity index (χ0) is 12.2. The third-order valence-corrected chi connectivity index (χ3v) is 3.91. The Bertz CT molecular complexity index is 242. The molecule has 0 aromatic rings. The van der Waals surface area contributed by atoms with Gasteiger partial charge in [-0.3, -0.25) is 4.79 Å². The fourth-order valence-electron chi connectivity index (χ4n) is 2.57. The summed E-state index contributed by atoms with van der Waals surface area (Å²) < 4.78 is 0. The highest BCUT2D eigenvalue weighted by Gasteiger charge is 2.40. The van der Waals surface area contributed by atoms with Gasteiger partial charge < -0.3 is 10.4 Å². The van der Waals surface area contributed by atoms with Crippen LogP contribution in [0.15, 0.2) is 0 Å². The minimum absolute atomic E-state index is 0.117. The lowest BCUT2D eigenvalue weighted by molar-refractivity contribution is -0.132. The van der Waals surface area contributed by atoms with Crippen molar-refractivity contribution in [1.82, 2.24) is 5.32 Å². The van der Waals surface area contributed by atoms with Crippen LogP contribution in [0.2, 0.25) is 0 Å². The Morgan fingerprint density at radius 2 is 1.94 bits per heavy atom. The lowest BCUT2D eigenvalue weighted by Gasteiger charge is -2.33. The van der Waals surface area contributed by atoms with E-state index < -0.39 is 0 Å². The van der Waals surface area contributed by atoms with Gasteiger partial charge in [0.15, 0.2) is 0 Å². The number of hydrogen-bond acceptors (Lipinski definition) is 2. The maximum Gasteiger partial charge on any atom is 0.226 e. The van der Waals surface area contributed by atoms with E-state index in [-0.39, 0.29) is 23.5 Å². The minimum atomic E-state index is -0.295. The summed E-state index contributed by atoms with van der Waals surface area (Å²) in [6.45, 7) is 6.16. The van der Waals surface area contributed by atoms with Gasteiger partial charge in [-0.1, -0.05) is 19.8 Å². The molecule has 0 aromatic carbocycles. The van der Waals surface area contributed by atoms with Crippen LogP contribution in [0, 0.1) is 5.41 Å². The summed E-state index contributed by atoms with van der Waals surface area (Å²) in [5.74, 6) is 0.186. The van der Waals surface area contributed by atoms with Crippen LogP contribution in [-0.4, -0.2) is 23.2 Å². The van der Waals surface area contributed by atoms with Crippen LogP contribution >= 0.6 is 0 Å². The summed E-state index contributed by atoms with van der Waals surface area (Å²) >= 11 is 0. The van der Waals surface area contributed by atoms with Crippen molar-refractivity contribution in [2.75, 3.05) is 6.61 Å². The fraction of sp³-hybridized carbons (Fsp3) is 0.923. The molecular formula is C13H25NO2. The molecule has 2 N–H and O–H groups in total. The van der Waals surface area contributed by atoms with E-state index in [1.54, 1.807) is 0 Å². The number of rotatable bonds is 5. The molecule has 1 saturated carbocycles. The number of aliphatic hydroxyl groups excluding tert-OH is 1. The zero-order valence-electron chi connectivity index (χ0n) is 10.8. The molecule has 94 valence electrons. The van der Waals surface area contributed by atoms with Crippen LogP contribution in [0.4, 0.5) is 0 Å². The Balaban J connectivity index is 2.63. The van der Waals surface area contributed by atoms with Gasteiger partial charge in [-0.15, -0.1) is 0 Å². The largest absolute Gasteiger partial charge is 0.396 e. The van der Waals surface area contributed by atoms with Crippen LogP contribution in [0.3, 0.4) is 0 Å². The summed E-state index contributed by atoms with van der Waals surface area (Å²) in [4.78, 5) is 12.3. The molecule has 0 saturated heterocycles. The monoisotopic (exact) mass is 227 g/mol. The average molecular weight is 227 g/mol. The first kappa shape index (κ1) is 13.5. The number of amides is 1. The van der Waals surface area contributed by atoms with Gasteiger partial charge >= 0.3 is 0 Å². The average Bonchev–Trinajstić information content (AvgIpc) is 2.66. The van der Waals surface area contributed by atoms with Crippen LogP contribution < -0.4 is 5.32 Å². The van der Waals surface area contributed by atoms with Crippen LogP contribution in [0.25, 0.3) is 0 Å². The van der Waals surface area contributed by atoms with E-state index >= 15 is 0 Å². The number of hydrogen-bond donors (Lipinski definition) is 2. The quantitative estimate of drug-likeness (QED) is 0.756. The van der Waals surface area contributed by atoms with Crippen molar-refractivity contribution < 1.29 is 9.90 Å². The molecule has 0 unspecified atom stereocenters. The molecule has 0 aromatic heterocycles. The topological polar surface area (TPSA) is 49.3 Å². The summed E-state index contributed by atoms with van der Waals surface area (Å²) in [5.41, 5.74) is -0.427. The van der Waals surface area contributed by atoms with Crippen molar-refractivity contribution in [1.29, 1.82) is 0 Å². The Labute approximate surface area is 98.6 Å². The molecule has 0 aliphatic heterocycles. The van der Waals surface area contributed by atoms with E-state index in [1.807, 2.05) is 13.8 Å². The molecule has 0 atom stereocenters. The third kappa shape index (κ3) is 2.97. The van der Waals surface area contributed by atoms with E-state index in [2.05, 4.69) is 12.2 Å². The van der Waals surface area contributed by atoms with Crippen molar-refractivity contribution in [3.05, 3.63) is 0 Å². The summed E-state index contributed by atoms with van der Waals surface area (Å²) in [5, 5.41) is 12.0. The minimum Gasteiger partial charge on any atom is -0.396 e. The number of nitrogens with one attached hydrogen (secondary N) is 1. The molecule has 0 heterocycles. The van der Waals surface area contributed by atoms with Gasteiger partial charge in [-0.25, -0.2) is 0 Å². The first-order chi connectivity index (χ1) is 7.46. The second-order valence-electron chi connectivity index (χ2n) is 5.65. The molecule has 1 amide bonds. The van der Waals surface area contributed by atoms with E-state index in [4.69, 9.17) is 5.11 Å². The molecule has 0 spiro atoms. The molecule has 0 radical (unpaired) electrons. The van der Waals surface area contributed by atoms with Gasteiger partial charge in [-0.05, 0) is 39.5 Å². The SMILES string of the molecule is CCC1(C(=O)NC(C)(C)CCO)CCCC1.